The van der Waals surface area contributed by atoms with E-state index in [4.69, 9.17) is 0 Å². The number of amides is 1. The van der Waals surface area contributed by atoms with Crippen LogP contribution in [0.5, 0.6) is 0 Å². The highest BCUT2D eigenvalue weighted by atomic mass is 16.6. The molecule has 0 atom stereocenters. The summed E-state index contributed by atoms with van der Waals surface area (Å²) in [5, 5.41) is 20.9. The Bertz CT molecular complexity index is 484. The van der Waals surface area contributed by atoms with Crippen molar-refractivity contribution < 1.29 is 9.72 Å². The third-order valence-electron chi connectivity index (χ3n) is 2.78. The van der Waals surface area contributed by atoms with E-state index in [1.807, 2.05) is 13.8 Å². The summed E-state index contributed by atoms with van der Waals surface area (Å²) in [7, 11) is 1.65. The van der Waals surface area contributed by atoms with Gasteiger partial charge in [0.25, 0.3) is 0 Å². The van der Waals surface area contributed by atoms with Gasteiger partial charge in [-0.05, 0) is 13.3 Å². The molecule has 1 aromatic rings. The van der Waals surface area contributed by atoms with Crippen molar-refractivity contribution in [3.8, 4) is 0 Å². The molecule has 112 valence electrons. The lowest BCUT2D eigenvalue weighted by molar-refractivity contribution is -0.384. The largest absolute Gasteiger partial charge is 0.364 e. The van der Waals surface area contributed by atoms with Crippen LogP contribution < -0.4 is 10.6 Å². The Morgan fingerprint density at radius 1 is 1.45 bits per heavy atom. The lowest BCUT2D eigenvalue weighted by Crippen LogP contribution is -2.25. The molecule has 0 aliphatic rings. The van der Waals surface area contributed by atoms with Gasteiger partial charge < -0.3 is 10.6 Å². The van der Waals surface area contributed by atoms with Crippen LogP contribution in [0.1, 0.15) is 32.4 Å². The summed E-state index contributed by atoms with van der Waals surface area (Å²) in [6.45, 7) is 4.69. The van der Waals surface area contributed by atoms with E-state index in [1.165, 1.54) is 4.68 Å². The summed E-state index contributed by atoms with van der Waals surface area (Å²) in [4.78, 5) is 22.1. The smallest absolute Gasteiger partial charge is 0.333 e. The Morgan fingerprint density at radius 3 is 2.70 bits per heavy atom. The fourth-order valence-corrected chi connectivity index (χ4v) is 1.94. The lowest BCUT2D eigenvalue weighted by atomic mass is 10.2. The molecule has 20 heavy (non-hydrogen) atoms. The van der Waals surface area contributed by atoms with Crippen LogP contribution in [0.2, 0.25) is 0 Å². The fraction of sp³-hybridized carbons (Fsp3) is 0.667. The van der Waals surface area contributed by atoms with E-state index in [1.54, 1.807) is 7.05 Å². The highest BCUT2D eigenvalue weighted by molar-refractivity contribution is 5.76. The molecule has 8 nitrogen and oxygen atoms in total. The van der Waals surface area contributed by atoms with Gasteiger partial charge in [-0.25, -0.2) is 4.68 Å². The number of aromatic nitrogens is 2. The van der Waals surface area contributed by atoms with Crippen molar-refractivity contribution in [2.75, 3.05) is 18.4 Å². The molecule has 0 aliphatic heterocycles. The number of carbonyl (C=O) groups is 1. The molecular formula is C12H21N5O3. The second-order valence-electron chi connectivity index (χ2n) is 4.40. The van der Waals surface area contributed by atoms with Crippen molar-refractivity contribution in [3.63, 3.8) is 0 Å². The normalized spacial score (nSPS) is 10.3. The summed E-state index contributed by atoms with van der Waals surface area (Å²) in [6.07, 6.45) is 1.61. The number of rotatable bonds is 8. The predicted octanol–water partition coefficient (Wildman–Crippen LogP) is 1.22. The summed E-state index contributed by atoms with van der Waals surface area (Å²) in [5.41, 5.74) is 0.478. The average Bonchev–Trinajstić information content (AvgIpc) is 2.67. The fourth-order valence-electron chi connectivity index (χ4n) is 1.94. The summed E-state index contributed by atoms with van der Waals surface area (Å²) >= 11 is 0. The standard InChI is InChI=1S/C12H21N5O3/c1-4-6-9-11(17(19)20)12(16(3)15-9)14-8-7-10(18)13-5-2/h14H,4-8H2,1-3H3,(H,13,18). The summed E-state index contributed by atoms with van der Waals surface area (Å²) in [6, 6.07) is 0. The topological polar surface area (TPSA) is 102 Å². The second kappa shape index (κ2) is 7.46. The number of nitrogens with zero attached hydrogens (tertiary/aromatic N) is 3. The average molecular weight is 283 g/mol. The summed E-state index contributed by atoms with van der Waals surface area (Å²) < 4.78 is 1.46. The van der Waals surface area contributed by atoms with Gasteiger partial charge in [0.1, 0.15) is 5.69 Å². The van der Waals surface area contributed by atoms with E-state index in [2.05, 4.69) is 15.7 Å². The van der Waals surface area contributed by atoms with Crippen LogP contribution >= 0.6 is 0 Å². The minimum atomic E-state index is -0.424. The van der Waals surface area contributed by atoms with Gasteiger partial charge in [0, 0.05) is 26.6 Å². The second-order valence-corrected chi connectivity index (χ2v) is 4.40. The minimum Gasteiger partial charge on any atom is -0.364 e. The van der Waals surface area contributed by atoms with Crippen molar-refractivity contribution in [1.82, 2.24) is 15.1 Å². The molecule has 0 spiro atoms. The van der Waals surface area contributed by atoms with E-state index >= 15 is 0 Å². The van der Waals surface area contributed by atoms with Gasteiger partial charge >= 0.3 is 5.69 Å². The molecule has 1 amide bonds. The van der Waals surface area contributed by atoms with Gasteiger partial charge in [0.15, 0.2) is 0 Å². The first kappa shape index (κ1) is 15.9. The zero-order chi connectivity index (χ0) is 15.1. The van der Waals surface area contributed by atoms with Gasteiger partial charge in [0.2, 0.25) is 11.7 Å². The maximum absolute atomic E-state index is 11.3. The molecule has 0 aliphatic carbocycles. The number of hydrogen-bond acceptors (Lipinski definition) is 5. The predicted molar refractivity (Wildman–Crippen MR) is 75.6 cm³/mol. The van der Waals surface area contributed by atoms with Crippen LogP contribution in [0.25, 0.3) is 0 Å². The number of anilines is 1. The molecule has 2 N–H and O–H groups in total. The number of nitrogens with one attached hydrogen (secondary N) is 2. The first-order valence-corrected chi connectivity index (χ1v) is 6.72. The molecule has 1 rings (SSSR count). The Kier molecular flexibility index (Phi) is 5.95. The molecule has 0 saturated heterocycles. The Hall–Kier alpha value is -2.12. The molecule has 0 radical (unpaired) electrons. The maximum Gasteiger partial charge on any atom is 0.333 e. The quantitative estimate of drug-likeness (QED) is 0.551. The number of carbonyl (C=O) groups excluding carboxylic acids is 1. The monoisotopic (exact) mass is 283 g/mol. The molecule has 0 aromatic carbocycles. The minimum absolute atomic E-state index is 0.00486. The van der Waals surface area contributed by atoms with Crippen molar-refractivity contribution >= 4 is 17.4 Å². The molecule has 0 bridgehead atoms. The van der Waals surface area contributed by atoms with Gasteiger partial charge in [-0.1, -0.05) is 13.3 Å². The molecule has 1 aromatic heterocycles. The molecule has 1 heterocycles. The molecule has 0 unspecified atom stereocenters. The van der Waals surface area contributed by atoms with Gasteiger partial charge in [0.05, 0.1) is 4.92 Å². The molecular weight excluding hydrogens is 262 g/mol. The van der Waals surface area contributed by atoms with E-state index in [0.29, 0.717) is 31.0 Å². The van der Waals surface area contributed by atoms with Crippen molar-refractivity contribution in [2.45, 2.75) is 33.1 Å². The maximum atomic E-state index is 11.3. The third kappa shape index (κ3) is 3.94. The van der Waals surface area contributed by atoms with Crippen LogP contribution in [0.4, 0.5) is 11.5 Å². The van der Waals surface area contributed by atoms with E-state index in [-0.39, 0.29) is 18.0 Å². The Balaban J connectivity index is 2.78. The first-order valence-electron chi connectivity index (χ1n) is 6.72. The van der Waals surface area contributed by atoms with Gasteiger partial charge in [-0.2, -0.15) is 5.10 Å². The lowest BCUT2D eigenvalue weighted by Gasteiger charge is -2.06. The number of nitro groups is 1. The van der Waals surface area contributed by atoms with E-state index in [0.717, 1.165) is 6.42 Å². The van der Waals surface area contributed by atoms with E-state index in [9.17, 15) is 14.9 Å². The molecule has 8 heteroatoms. The Morgan fingerprint density at radius 2 is 2.15 bits per heavy atom. The first-order chi connectivity index (χ1) is 9.51. The van der Waals surface area contributed by atoms with Crippen molar-refractivity contribution in [1.29, 1.82) is 0 Å². The van der Waals surface area contributed by atoms with Crippen molar-refractivity contribution in [3.05, 3.63) is 15.8 Å². The summed E-state index contributed by atoms with van der Waals surface area (Å²) in [5.74, 6) is 0.265. The van der Waals surface area contributed by atoms with Crippen molar-refractivity contribution in [2.24, 2.45) is 7.05 Å². The highest BCUT2D eigenvalue weighted by Crippen LogP contribution is 2.28. The number of hydrogen-bond donors (Lipinski definition) is 2. The third-order valence-corrected chi connectivity index (χ3v) is 2.78. The zero-order valence-corrected chi connectivity index (χ0v) is 12.1. The van der Waals surface area contributed by atoms with Crippen LogP contribution in [-0.2, 0) is 18.3 Å². The zero-order valence-electron chi connectivity index (χ0n) is 12.1. The van der Waals surface area contributed by atoms with Crippen LogP contribution in [0, 0.1) is 10.1 Å². The highest BCUT2D eigenvalue weighted by Gasteiger charge is 2.25. The molecule has 0 fully saturated rings. The van der Waals surface area contributed by atoms with Crippen LogP contribution in [-0.4, -0.2) is 33.7 Å². The van der Waals surface area contributed by atoms with Crippen LogP contribution in [0.15, 0.2) is 0 Å². The molecule has 0 saturated carbocycles. The SMILES string of the molecule is CCCc1nn(C)c(NCCC(=O)NCC)c1[N+](=O)[O-]. The number of aryl methyl sites for hydroxylation is 2. The van der Waals surface area contributed by atoms with Gasteiger partial charge in [-0.15, -0.1) is 0 Å². The Labute approximate surface area is 117 Å². The van der Waals surface area contributed by atoms with E-state index < -0.39 is 4.92 Å². The van der Waals surface area contributed by atoms with Crippen LogP contribution in [0.3, 0.4) is 0 Å². The van der Waals surface area contributed by atoms with Gasteiger partial charge in [-0.3, -0.25) is 14.9 Å².